The second-order valence-corrected chi connectivity index (χ2v) is 15.0. The van der Waals surface area contributed by atoms with Crippen LogP contribution in [0.25, 0.3) is 0 Å². The van der Waals surface area contributed by atoms with Crippen molar-refractivity contribution in [1.82, 2.24) is 9.55 Å². The highest BCUT2D eigenvalue weighted by Crippen LogP contribution is 2.66. The molecule has 0 spiro atoms. The third kappa shape index (κ3) is 9.79. The van der Waals surface area contributed by atoms with Crippen molar-refractivity contribution in [3.05, 3.63) is 62.2 Å². The molecule has 1 aliphatic rings. The van der Waals surface area contributed by atoms with Gasteiger partial charge in [-0.15, -0.1) is 0 Å². The molecule has 0 amide bonds. The van der Waals surface area contributed by atoms with Gasteiger partial charge in [-0.25, -0.2) is 18.5 Å². The van der Waals surface area contributed by atoms with Crippen LogP contribution >= 0.6 is 23.5 Å². The van der Waals surface area contributed by atoms with Gasteiger partial charge in [-0.2, -0.15) is 13.6 Å². The van der Waals surface area contributed by atoms with E-state index >= 15 is 0 Å². The Bertz CT molecular complexity index is 1570. The number of phosphoric ester groups is 1. The van der Waals surface area contributed by atoms with Gasteiger partial charge in [-0.3, -0.25) is 19.2 Å². The van der Waals surface area contributed by atoms with E-state index in [2.05, 4.69) is 18.1 Å². The van der Waals surface area contributed by atoms with Crippen LogP contribution in [0.2, 0.25) is 0 Å². The Morgan fingerprint density at radius 1 is 1.16 bits per heavy atom. The van der Waals surface area contributed by atoms with Gasteiger partial charge >= 0.3 is 29.2 Å². The Morgan fingerprint density at radius 3 is 2.39 bits per heavy atom. The van der Waals surface area contributed by atoms with Gasteiger partial charge in [-0.1, -0.05) is 32.9 Å². The lowest BCUT2D eigenvalue weighted by molar-refractivity contribution is -0.386. The first-order valence-electron chi connectivity index (χ1n) is 12.4. The standard InChI is InChI=1S/C21H31N4O16P3/c1-21(2,3)18(13-6-4-5-7-14(13)25(28)29)37-10-12-9-24(20(27)23-19(12)22)17-8-15(26)16(39-17)11-38-43(33,34)41-44(35,36)40-42(30,31)32/h4-7,9,15-18,26H,8,10-11H2,1-3H3,(H,33,34)(H,35,36)(H2,22,23,27)(H2,30,31,32)/t15-,16-,17-,18-/m1/s1. The van der Waals surface area contributed by atoms with Crippen molar-refractivity contribution >= 4 is 35.0 Å². The summed E-state index contributed by atoms with van der Waals surface area (Å²) in [6, 6.07) is 6.05. The highest BCUT2D eigenvalue weighted by Gasteiger charge is 2.43. The van der Waals surface area contributed by atoms with Crippen LogP contribution in [0, 0.1) is 15.5 Å². The highest BCUT2D eigenvalue weighted by atomic mass is 31.3. The zero-order valence-electron chi connectivity index (χ0n) is 23.3. The molecule has 7 N–H and O–H groups in total. The molecule has 3 rings (SSSR count). The Morgan fingerprint density at radius 2 is 1.80 bits per heavy atom. The molecule has 246 valence electrons. The molecule has 0 bridgehead atoms. The normalized spacial score (nSPS) is 22.7. The first-order chi connectivity index (χ1) is 20.1. The summed E-state index contributed by atoms with van der Waals surface area (Å²) in [5, 5.41) is 22.0. The third-order valence-electron chi connectivity index (χ3n) is 6.00. The SMILES string of the molecule is CC(C)(C)[C@H](OCc1cn([C@H]2C[C@@H](O)[C@@H](COP(=O)(O)OP(=O)(O)OP(=O)(O)O)O2)c(=O)nc1N)c1ccccc1[N+](=O)[O-]. The van der Waals surface area contributed by atoms with E-state index in [1.54, 1.807) is 12.1 Å². The minimum atomic E-state index is -5.76. The van der Waals surface area contributed by atoms with Crippen LogP contribution in [0.1, 0.15) is 50.7 Å². The summed E-state index contributed by atoms with van der Waals surface area (Å²) in [7, 11) is -16.8. The average Bonchev–Trinajstić information content (AvgIpc) is 3.21. The molecule has 1 fully saturated rings. The number of rotatable bonds is 13. The molecule has 2 heterocycles. The maximum atomic E-state index is 12.6. The number of nitrogen functional groups attached to an aromatic ring is 1. The number of aliphatic hydroxyl groups is 1. The second-order valence-electron chi connectivity index (χ2n) is 10.5. The number of nitrogens with two attached hydrogens (primary N) is 1. The molecule has 44 heavy (non-hydrogen) atoms. The summed E-state index contributed by atoms with van der Waals surface area (Å²) in [6.45, 7) is 4.24. The number of nitro groups is 1. The summed E-state index contributed by atoms with van der Waals surface area (Å²) < 4.78 is 58.6. The van der Waals surface area contributed by atoms with Crippen molar-refractivity contribution in [2.24, 2.45) is 5.41 Å². The van der Waals surface area contributed by atoms with Crippen molar-refractivity contribution in [3.8, 4) is 0 Å². The maximum absolute atomic E-state index is 12.6. The van der Waals surface area contributed by atoms with E-state index in [9.17, 15) is 43.5 Å². The van der Waals surface area contributed by atoms with Crippen molar-refractivity contribution in [2.75, 3.05) is 12.3 Å². The predicted molar refractivity (Wildman–Crippen MR) is 147 cm³/mol. The van der Waals surface area contributed by atoms with Gasteiger partial charge in [0.15, 0.2) is 0 Å². The molecule has 1 saturated heterocycles. The topological polar surface area (TPSA) is 303 Å². The van der Waals surface area contributed by atoms with E-state index in [0.29, 0.717) is 5.56 Å². The number of nitrogens with zero attached hydrogens (tertiary/aromatic N) is 3. The monoisotopic (exact) mass is 688 g/mol. The van der Waals surface area contributed by atoms with Crippen LogP contribution in [0.4, 0.5) is 11.5 Å². The average molecular weight is 688 g/mol. The van der Waals surface area contributed by atoms with Gasteiger partial charge in [0.05, 0.1) is 35.9 Å². The third-order valence-corrected chi connectivity index (χ3v) is 9.80. The Balaban J connectivity index is 1.75. The summed E-state index contributed by atoms with van der Waals surface area (Å²) in [5.41, 5.74) is 4.76. The number of nitro benzene ring substituents is 1. The van der Waals surface area contributed by atoms with E-state index in [1.165, 1.54) is 18.3 Å². The number of hydrogen-bond acceptors (Lipinski definition) is 14. The van der Waals surface area contributed by atoms with Gasteiger partial charge in [0.2, 0.25) is 0 Å². The van der Waals surface area contributed by atoms with Gasteiger partial charge in [0, 0.05) is 24.2 Å². The second kappa shape index (κ2) is 13.5. The molecule has 6 atom stereocenters. The van der Waals surface area contributed by atoms with Gasteiger partial charge in [0.25, 0.3) is 5.69 Å². The number of para-hydroxylation sites is 1. The molecule has 1 aromatic heterocycles. The fraction of sp³-hybridized carbons (Fsp3) is 0.524. The minimum Gasteiger partial charge on any atom is -0.390 e. The molecule has 2 aromatic rings. The molecular weight excluding hydrogens is 657 g/mol. The van der Waals surface area contributed by atoms with Crippen molar-refractivity contribution < 1.29 is 65.9 Å². The van der Waals surface area contributed by atoms with Gasteiger partial charge in [-0.05, 0) is 11.5 Å². The quantitative estimate of drug-likeness (QED) is 0.0996. The maximum Gasteiger partial charge on any atom is 0.490 e. The molecule has 1 aliphatic heterocycles. The molecule has 0 radical (unpaired) electrons. The first-order valence-corrected chi connectivity index (χ1v) is 16.9. The zero-order chi connectivity index (χ0) is 33.3. The van der Waals surface area contributed by atoms with Crippen LogP contribution < -0.4 is 11.4 Å². The number of anilines is 1. The van der Waals surface area contributed by atoms with Crippen LogP contribution in [-0.4, -0.2) is 58.0 Å². The smallest absolute Gasteiger partial charge is 0.390 e. The lowest BCUT2D eigenvalue weighted by atomic mass is 9.84. The molecular formula is C21H31N4O16P3. The fourth-order valence-electron chi connectivity index (χ4n) is 4.20. The summed E-state index contributed by atoms with van der Waals surface area (Å²) in [5.74, 6) is -0.204. The van der Waals surface area contributed by atoms with Gasteiger partial charge < -0.3 is 39.9 Å². The van der Waals surface area contributed by atoms with E-state index in [1.807, 2.05) is 20.8 Å². The molecule has 0 saturated carbocycles. The fourth-order valence-corrected chi connectivity index (χ4v) is 7.23. The van der Waals surface area contributed by atoms with Crippen molar-refractivity contribution in [3.63, 3.8) is 0 Å². The molecule has 1 aromatic carbocycles. The minimum absolute atomic E-state index is 0.154. The van der Waals surface area contributed by atoms with Crippen molar-refractivity contribution in [1.29, 1.82) is 0 Å². The Labute approximate surface area is 248 Å². The Hall–Kier alpha value is -2.41. The Kier molecular flexibility index (Phi) is 11.1. The molecule has 0 aliphatic carbocycles. The van der Waals surface area contributed by atoms with Crippen LogP contribution in [0.5, 0.6) is 0 Å². The first kappa shape index (κ1) is 36.1. The molecule has 23 heteroatoms. The number of aromatic nitrogens is 2. The van der Waals surface area contributed by atoms with Gasteiger partial charge in [0.1, 0.15) is 18.1 Å². The van der Waals surface area contributed by atoms with Crippen molar-refractivity contribution in [2.45, 2.75) is 58.3 Å². The highest BCUT2D eigenvalue weighted by molar-refractivity contribution is 7.66. The van der Waals surface area contributed by atoms with Crippen LogP contribution in [-0.2, 0) is 42.9 Å². The summed E-state index contributed by atoms with van der Waals surface area (Å²) in [6.07, 6.45) is -3.86. The largest absolute Gasteiger partial charge is 0.490 e. The number of aliphatic hydroxyl groups excluding tert-OH is 1. The lowest BCUT2D eigenvalue weighted by Crippen LogP contribution is -2.30. The van der Waals surface area contributed by atoms with E-state index < -0.39 is 70.6 Å². The summed E-state index contributed by atoms with van der Waals surface area (Å²) in [4.78, 5) is 63.6. The zero-order valence-corrected chi connectivity index (χ0v) is 26.0. The van der Waals surface area contributed by atoms with E-state index in [0.717, 1.165) is 4.57 Å². The number of phosphoric acid groups is 3. The van der Waals surface area contributed by atoms with E-state index in [-0.39, 0.29) is 30.1 Å². The van der Waals surface area contributed by atoms with Crippen LogP contribution in [0.3, 0.4) is 0 Å². The molecule has 2 unspecified atom stereocenters. The summed E-state index contributed by atoms with van der Waals surface area (Å²) >= 11 is 0. The van der Waals surface area contributed by atoms with Crippen LogP contribution in [0.15, 0.2) is 35.3 Å². The number of hydrogen-bond donors (Lipinski definition) is 6. The lowest BCUT2D eigenvalue weighted by Gasteiger charge is -2.31. The number of ether oxygens (including phenoxy) is 2. The predicted octanol–water partition coefficient (Wildman–Crippen LogP) is 2.03. The number of benzene rings is 1. The van der Waals surface area contributed by atoms with E-state index in [4.69, 9.17) is 25.0 Å². The molecule has 20 nitrogen and oxygen atoms in total.